The van der Waals surface area contributed by atoms with Gasteiger partial charge in [-0.1, -0.05) is 24.3 Å². The zero-order chi connectivity index (χ0) is 44.3. The number of fused-ring (bicyclic) bond motifs is 2. The van der Waals surface area contributed by atoms with Crippen LogP contribution in [0, 0.1) is 0 Å². The molecule has 0 aliphatic carbocycles. The van der Waals surface area contributed by atoms with E-state index in [1.54, 1.807) is 54.6 Å². The fraction of sp³-hybridized carbons (Fsp3) is 0.289. The number of hydrogen-bond donors (Lipinski definition) is 4. The number of alkyl halides is 6. The van der Waals surface area contributed by atoms with Crippen LogP contribution in [0.5, 0.6) is 0 Å². The van der Waals surface area contributed by atoms with Crippen molar-refractivity contribution in [3.8, 4) is 0 Å². The van der Waals surface area contributed by atoms with Crippen LogP contribution in [-0.4, -0.2) is 73.0 Å². The zero-order valence-electron chi connectivity index (χ0n) is 33.7. The average Bonchev–Trinajstić information content (AvgIpc) is 3.75. The smallest absolute Gasteiger partial charge is 0.370 e. The van der Waals surface area contributed by atoms with E-state index in [-0.39, 0.29) is 33.9 Å². The van der Waals surface area contributed by atoms with Crippen molar-refractivity contribution in [2.24, 2.45) is 0 Å². The van der Waals surface area contributed by atoms with Crippen molar-refractivity contribution in [2.75, 3.05) is 60.7 Å². The van der Waals surface area contributed by atoms with E-state index in [2.05, 4.69) is 25.5 Å². The summed E-state index contributed by atoms with van der Waals surface area (Å²) in [5.74, 6) is -1.57. The van der Waals surface area contributed by atoms with Crippen molar-refractivity contribution in [1.82, 2.24) is 14.9 Å². The molecule has 2 aromatic heterocycles. The van der Waals surface area contributed by atoms with Gasteiger partial charge in [0.25, 0.3) is 11.8 Å². The number of benzene rings is 4. The molecule has 2 aliphatic rings. The number of nitrogens with one attached hydrogen (secondary N) is 4. The maximum atomic E-state index is 13.8. The standard InChI is InChI=1S/C23H23F3N4O2.C22H20F3N3O2/c1-29(2)15-9-10-30(13-15)14-7-8-20(18(11-14)23(24,25)26)28-22(32)17-12-27-19-6-4-3-5-16(19)21(17)31;23-22(24,25)14-8-9-18(19(12-14)28-10-4-1-5-11-28)27-21(30)16-13-26-17-7-3-2-6-15(17)20(16)29/h3-8,11-12,15H,9-10,13H2,1-2H3,(H,27,31)(H,28,32);2-3,6-9,12-13H,1,4-5,10-11H2,(H,26,29)(H,27,30)/t15-;/m0./s1. The highest BCUT2D eigenvalue weighted by atomic mass is 19.4. The van der Waals surface area contributed by atoms with Gasteiger partial charge in [-0.2, -0.15) is 26.3 Å². The van der Waals surface area contributed by atoms with E-state index in [1.165, 1.54) is 24.5 Å². The number of halogens is 6. The first-order chi connectivity index (χ1) is 29.5. The molecule has 17 heteroatoms. The quantitative estimate of drug-likeness (QED) is 0.118. The second-order valence-corrected chi connectivity index (χ2v) is 15.4. The molecule has 2 aliphatic heterocycles. The van der Waals surface area contributed by atoms with Gasteiger partial charge >= 0.3 is 12.4 Å². The molecule has 0 radical (unpaired) electrons. The molecule has 2 amide bonds. The van der Waals surface area contributed by atoms with Crippen LogP contribution in [0.1, 0.15) is 57.5 Å². The van der Waals surface area contributed by atoms with Gasteiger partial charge < -0.3 is 35.3 Å². The summed E-state index contributed by atoms with van der Waals surface area (Å²) >= 11 is 0. The largest absolute Gasteiger partial charge is 0.418 e. The van der Waals surface area contributed by atoms with Gasteiger partial charge in [0.05, 0.1) is 28.2 Å². The molecule has 4 N–H and O–H groups in total. The molecule has 0 saturated carbocycles. The number of likely N-dealkylation sites (N-methyl/N-ethyl adjacent to an activating group) is 1. The van der Waals surface area contributed by atoms with Crippen molar-refractivity contribution in [1.29, 1.82) is 0 Å². The Balaban J connectivity index is 0.000000187. The number of carbonyl (C=O) groups excluding carboxylic acids is 2. The lowest BCUT2D eigenvalue weighted by molar-refractivity contribution is -0.138. The van der Waals surface area contributed by atoms with Gasteiger partial charge in [0.15, 0.2) is 0 Å². The monoisotopic (exact) mass is 859 g/mol. The van der Waals surface area contributed by atoms with Crippen LogP contribution in [0.3, 0.4) is 0 Å². The van der Waals surface area contributed by atoms with Crippen LogP contribution in [-0.2, 0) is 12.4 Å². The fourth-order valence-corrected chi connectivity index (χ4v) is 7.73. The molecule has 4 heterocycles. The molecule has 0 spiro atoms. The van der Waals surface area contributed by atoms with Crippen LogP contribution in [0.15, 0.2) is 107 Å². The molecule has 11 nitrogen and oxygen atoms in total. The van der Waals surface area contributed by atoms with Gasteiger partial charge in [-0.15, -0.1) is 0 Å². The third-order valence-electron chi connectivity index (χ3n) is 11.2. The Labute approximate surface area is 351 Å². The number of nitrogens with zero attached hydrogens (tertiary/aromatic N) is 3. The number of para-hydroxylation sites is 2. The number of amides is 2. The van der Waals surface area contributed by atoms with E-state index in [9.17, 15) is 45.5 Å². The lowest BCUT2D eigenvalue weighted by Crippen LogP contribution is -2.31. The minimum Gasteiger partial charge on any atom is -0.370 e. The molecule has 0 unspecified atom stereocenters. The Morgan fingerprint density at radius 2 is 1.21 bits per heavy atom. The Hall–Kier alpha value is -6.62. The van der Waals surface area contributed by atoms with Crippen molar-refractivity contribution in [3.05, 3.63) is 140 Å². The number of piperidine rings is 1. The van der Waals surface area contributed by atoms with E-state index in [4.69, 9.17) is 0 Å². The van der Waals surface area contributed by atoms with Gasteiger partial charge in [-0.05, 0) is 100 Å². The number of H-pyrrole nitrogens is 2. The lowest BCUT2D eigenvalue weighted by Gasteiger charge is -2.31. The predicted octanol–water partition coefficient (Wildman–Crippen LogP) is 8.73. The average molecular weight is 860 g/mol. The molecule has 0 bridgehead atoms. The maximum Gasteiger partial charge on any atom is 0.418 e. The lowest BCUT2D eigenvalue weighted by atomic mass is 10.1. The SMILES string of the molecule is CN(C)[C@H]1CCN(c2ccc(NC(=O)c3c[nH]c4ccccc4c3=O)c(C(F)(F)F)c2)C1.O=C(Nc1ccc(C(F)(F)F)cc1N1CCCCC1)c1c[nH]c2ccccc2c1=O. The van der Waals surface area contributed by atoms with Crippen molar-refractivity contribution < 1.29 is 35.9 Å². The topological polar surface area (TPSA) is 134 Å². The number of aromatic amines is 2. The van der Waals surface area contributed by atoms with Crippen LogP contribution in [0.25, 0.3) is 21.8 Å². The van der Waals surface area contributed by atoms with Crippen molar-refractivity contribution >= 4 is 56.4 Å². The molecule has 62 heavy (non-hydrogen) atoms. The number of anilines is 4. The van der Waals surface area contributed by atoms with E-state index in [1.807, 2.05) is 23.9 Å². The second-order valence-electron chi connectivity index (χ2n) is 15.4. The van der Waals surface area contributed by atoms with Crippen molar-refractivity contribution in [3.63, 3.8) is 0 Å². The minimum atomic E-state index is -4.67. The summed E-state index contributed by atoms with van der Waals surface area (Å²) in [6.45, 7) is 2.50. The number of pyridine rings is 2. The summed E-state index contributed by atoms with van der Waals surface area (Å²) < 4.78 is 81.2. The summed E-state index contributed by atoms with van der Waals surface area (Å²) in [6, 6.07) is 20.8. The van der Waals surface area contributed by atoms with Crippen LogP contribution in [0.4, 0.5) is 49.1 Å². The molecule has 324 valence electrons. The Kier molecular flexibility index (Phi) is 12.5. The number of rotatable bonds is 7. The highest BCUT2D eigenvalue weighted by molar-refractivity contribution is 6.07. The summed E-state index contributed by atoms with van der Waals surface area (Å²) in [5, 5.41) is 5.58. The summed E-state index contributed by atoms with van der Waals surface area (Å²) in [5.41, 5.74) is -1.30. The number of hydrogen-bond acceptors (Lipinski definition) is 7. The van der Waals surface area contributed by atoms with Crippen LogP contribution >= 0.6 is 0 Å². The number of aromatic nitrogens is 2. The summed E-state index contributed by atoms with van der Waals surface area (Å²) in [4.78, 5) is 62.4. The first-order valence-corrected chi connectivity index (χ1v) is 19.9. The molecular formula is C45H43F6N7O4. The van der Waals surface area contributed by atoms with Crippen molar-refractivity contribution in [2.45, 2.75) is 44.1 Å². The first kappa shape index (κ1) is 43.5. The zero-order valence-corrected chi connectivity index (χ0v) is 33.7. The highest BCUT2D eigenvalue weighted by Crippen LogP contribution is 2.39. The van der Waals surface area contributed by atoms with Crippen LogP contribution in [0.2, 0.25) is 0 Å². The van der Waals surface area contributed by atoms with Gasteiger partial charge in [-0.3, -0.25) is 19.2 Å². The Morgan fingerprint density at radius 1 is 0.661 bits per heavy atom. The second kappa shape index (κ2) is 17.8. The first-order valence-electron chi connectivity index (χ1n) is 19.9. The summed E-state index contributed by atoms with van der Waals surface area (Å²) in [6.07, 6.45) is -3.00. The van der Waals surface area contributed by atoms with Crippen LogP contribution < -0.4 is 31.3 Å². The Bertz CT molecular complexity index is 2740. The fourth-order valence-electron chi connectivity index (χ4n) is 7.73. The molecule has 2 saturated heterocycles. The van der Waals surface area contributed by atoms with E-state index in [0.29, 0.717) is 54.0 Å². The van der Waals surface area contributed by atoms with Gasteiger partial charge in [0, 0.05) is 72.1 Å². The number of carbonyl (C=O) groups is 2. The predicted molar refractivity (Wildman–Crippen MR) is 228 cm³/mol. The third kappa shape index (κ3) is 9.47. The Morgan fingerprint density at radius 3 is 1.74 bits per heavy atom. The van der Waals surface area contributed by atoms with E-state index < -0.39 is 46.2 Å². The molecule has 4 aromatic carbocycles. The molecule has 1 atom stereocenters. The van der Waals surface area contributed by atoms with Gasteiger partial charge in [-0.25, -0.2) is 0 Å². The minimum absolute atomic E-state index is 0.0989. The van der Waals surface area contributed by atoms with E-state index in [0.717, 1.165) is 43.9 Å². The third-order valence-corrected chi connectivity index (χ3v) is 11.2. The molecule has 2 fully saturated rings. The normalized spacial score (nSPS) is 15.7. The molecular weight excluding hydrogens is 817 g/mol. The van der Waals surface area contributed by atoms with E-state index >= 15 is 0 Å². The molecule has 8 rings (SSSR count). The van der Waals surface area contributed by atoms with Gasteiger partial charge in [0.2, 0.25) is 10.9 Å². The summed E-state index contributed by atoms with van der Waals surface area (Å²) in [7, 11) is 3.89. The van der Waals surface area contributed by atoms with Gasteiger partial charge in [0.1, 0.15) is 11.1 Å². The molecule has 6 aromatic rings. The maximum absolute atomic E-state index is 13.8. The highest BCUT2D eigenvalue weighted by Gasteiger charge is 2.36.